The van der Waals surface area contributed by atoms with Gasteiger partial charge in [0.25, 0.3) is 0 Å². The first-order chi connectivity index (χ1) is 12.9. The highest BCUT2D eigenvalue weighted by atomic mass is 16.7. The van der Waals surface area contributed by atoms with Crippen LogP contribution in [0, 0.1) is 45.3 Å². The molecule has 5 heteroatoms. The molecule has 0 amide bonds. The molecule has 0 aliphatic heterocycles. The van der Waals surface area contributed by atoms with E-state index in [2.05, 4.69) is 13.0 Å². The molecule has 150 valence electrons. The van der Waals surface area contributed by atoms with Crippen molar-refractivity contribution in [3.63, 3.8) is 0 Å². The SMILES string of the molecule is COCO[C@@H]1C[C@@](C)(CC#N)C(=O)[C@H](C)C23CC[C@H]4C[C@]41C2[C@H](OC)CC3. The molecule has 8 atom stereocenters. The summed E-state index contributed by atoms with van der Waals surface area (Å²) in [5.41, 5.74) is -0.566. The molecule has 0 radical (unpaired) electrons. The van der Waals surface area contributed by atoms with Gasteiger partial charge >= 0.3 is 0 Å². The number of nitrogens with zero attached hydrogens (tertiary/aromatic N) is 1. The Morgan fingerprint density at radius 1 is 1.22 bits per heavy atom. The van der Waals surface area contributed by atoms with Gasteiger partial charge in [0.1, 0.15) is 12.6 Å². The zero-order valence-corrected chi connectivity index (χ0v) is 17.1. The summed E-state index contributed by atoms with van der Waals surface area (Å²) in [6.45, 7) is 4.36. The zero-order valence-electron chi connectivity index (χ0n) is 17.1. The van der Waals surface area contributed by atoms with Crippen LogP contribution in [0.15, 0.2) is 0 Å². The Labute approximate surface area is 162 Å². The van der Waals surface area contributed by atoms with Crippen molar-refractivity contribution >= 4 is 5.78 Å². The van der Waals surface area contributed by atoms with E-state index in [1.54, 1.807) is 7.11 Å². The standard InChI is InChI=1S/C22H33NO4/c1-14-19(24)20(2,9-10-23)12-17(27-13-25-3)22-11-15(22)5-7-21(14)8-6-16(26-4)18(21)22/h14-18H,5-9,11-13H2,1-4H3/t14-,15-,16+,17+,18?,20+,21?,22-/m0/s1. The molecule has 0 aromatic heterocycles. The molecule has 1 spiro atoms. The summed E-state index contributed by atoms with van der Waals surface area (Å²) in [5.74, 6) is 1.26. The Hall–Kier alpha value is -0.960. The van der Waals surface area contributed by atoms with Crippen LogP contribution in [0.3, 0.4) is 0 Å². The highest BCUT2D eigenvalue weighted by molar-refractivity contribution is 5.88. The molecule has 0 aromatic rings. The second kappa shape index (κ2) is 6.54. The number of rotatable bonds is 5. The average molecular weight is 376 g/mol. The molecule has 2 unspecified atom stereocenters. The first kappa shape index (κ1) is 19.4. The number of ketones is 1. The average Bonchev–Trinajstić information content (AvgIpc) is 3.28. The molecule has 27 heavy (non-hydrogen) atoms. The van der Waals surface area contributed by atoms with Crippen LogP contribution in [0.5, 0.6) is 0 Å². The number of hydrogen-bond donors (Lipinski definition) is 0. The van der Waals surface area contributed by atoms with Crippen LogP contribution < -0.4 is 0 Å². The van der Waals surface area contributed by atoms with E-state index in [0.29, 0.717) is 18.3 Å². The third kappa shape index (κ3) is 2.49. The van der Waals surface area contributed by atoms with Crippen molar-refractivity contribution in [3.05, 3.63) is 0 Å². The first-order valence-electron chi connectivity index (χ1n) is 10.4. The minimum absolute atomic E-state index is 0.00340. The van der Waals surface area contributed by atoms with Gasteiger partial charge in [0.2, 0.25) is 0 Å². The molecule has 0 aromatic carbocycles. The fraction of sp³-hybridized carbons (Fsp3) is 0.909. The second-order valence-corrected chi connectivity index (χ2v) is 9.82. The molecule has 0 saturated heterocycles. The molecule has 4 aliphatic rings. The predicted octanol–water partition coefficient (Wildman–Crippen LogP) is 3.72. The van der Waals surface area contributed by atoms with Crippen LogP contribution in [-0.2, 0) is 19.0 Å². The molecule has 4 fully saturated rings. The number of nitriles is 1. The monoisotopic (exact) mass is 375 g/mol. The van der Waals surface area contributed by atoms with Crippen molar-refractivity contribution in [2.45, 2.75) is 71.0 Å². The van der Waals surface area contributed by atoms with Gasteiger partial charge in [-0.3, -0.25) is 4.79 Å². The quantitative estimate of drug-likeness (QED) is 0.685. The molecule has 4 rings (SSSR count). The van der Waals surface area contributed by atoms with Gasteiger partial charge in [0, 0.05) is 37.4 Å². The van der Waals surface area contributed by atoms with Crippen molar-refractivity contribution in [2.24, 2.45) is 34.0 Å². The van der Waals surface area contributed by atoms with Gasteiger partial charge in [0.05, 0.1) is 18.3 Å². The number of ether oxygens (including phenoxy) is 3. The van der Waals surface area contributed by atoms with E-state index in [1.807, 2.05) is 14.0 Å². The third-order valence-electron chi connectivity index (χ3n) is 8.87. The maximum atomic E-state index is 13.7. The van der Waals surface area contributed by atoms with Crippen molar-refractivity contribution in [1.82, 2.24) is 0 Å². The van der Waals surface area contributed by atoms with E-state index in [-0.39, 0.29) is 48.0 Å². The molecular formula is C22H33NO4. The van der Waals surface area contributed by atoms with Crippen molar-refractivity contribution < 1.29 is 19.0 Å². The van der Waals surface area contributed by atoms with Crippen LogP contribution in [0.25, 0.3) is 0 Å². The van der Waals surface area contributed by atoms with Crippen molar-refractivity contribution in [2.75, 3.05) is 21.0 Å². The van der Waals surface area contributed by atoms with Crippen molar-refractivity contribution in [1.29, 1.82) is 5.26 Å². The molecular weight excluding hydrogens is 342 g/mol. The fourth-order valence-corrected chi connectivity index (χ4v) is 7.56. The van der Waals surface area contributed by atoms with Crippen LogP contribution in [-0.4, -0.2) is 39.0 Å². The Balaban J connectivity index is 1.83. The number of Topliss-reactive ketones (excluding diaryl/α,β-unsaturated/α-hetero) is 1. The summed E-state index contributed by atoms with van der Waals surface area (Å²) in [7, 11) is 3.47. The molecule has 0 N–H and O–H groups in total. The number of methoxy groups -OCH3 is 2. The zero-order chi connectivity index (χ0) is 19.4. The van der Waals surface area contributed by atoms with E-state index < -0.39 is 5.41 Å². The maximum absolute atomic E-state index is 13.7. The van der Waals surface area contributed by atoms with Crippen LogP contribution in [0.2, 0.25) is 0 Å². The van der Waals surface area contributed by atoms with Gasteiger partial charge in [-0.15, -0.1) is 0 Å². The van der Waals surface area contributed by atoms with E-state index in [1.165, 1.54) is 6.42 Å². The Bertz CT molecular complexity index is 659. The maximum Gasteiger partial charge on any atom is 0.146 e. The van der Waals surface area contributed by atoms with Gasteiger partial charge in [0.15, 0.2) is 0 Å². The van der Waals surface area contributed by atoms with E-state index >= 15 is 0 Å². The summed E-state index contributed by atoms with van der Waals surface area (Å²) in [5, 5.41) is 9.47. The predicted molar refractivity (Wildman–Crippen MR) is 99.6 cm³/mol. The molecule has 4 saturated carbocycles. The van der Waals surface area contributed by atoms with Gasteiger partial charge in [-0.1, -0.05) is 13.8 Å². The second-order valence-electron chi connectivity index (χ2n) is 9.82. The summed E-state index contributed by atoms with van der Waals surface area (Å²) < 4.78 is 17.5. The third-order valence-corrected chi connectivity index (χ3v) is 8.87. The number of carbonyl (C=O) groups is 1. The Kier molecular flexibility index (Phi) is 4.69. The van der Waals surface area contributed by atoms with Crippen LogP contribution in [0.1, 0.15) is 58.8 Å². The first-order valence-corrected chi connectivity index (χ1v) is 10.4. The topological polar surface area (TPSA) is 68.5 Å². The normalized spacial score (nSPS) is 50.9. The number of hydrogen-bond acceptors (Lipinski definition) is 5. The van der Waals surface area contributed by atoms with Gasteiger partial charge in [-0.25, -0.2) is 0 Å². The Morgan fingerprint density at radius 2 is 1.96 bits per heavy atom. The highest BCUT2D eigenvalue weighted by Gasteiger charge is 2.76. The van der Waals surface area contributed by atoms with Crippen molar-refractivity contribution in [3.8, 4) is 6.07 Å². The molecule has 4 aliphatic carbocycles. The lowest BCUT2D eigenvalue weighted by Crippen LogP contribution is -2.57. The van der Waals surface area contributed by atoms with Gasteiger partial charge in [-0.05, 0) is 55.8 Å². The lowest BCUT2D eigenvalue weighted by molar-refractivity contribution is -0.181. The van der Waals surface area contributed by atoms with Gasteiger partial charge in [-0.2, -0.15) is 5.26 Å². The van der Waals surface area contributed by atoms with E-state index in [4.69, 9.17) is 14.2 Å². The minimum Gasteiger partial charge on any atom is -0.381 e. The summed E-state index contributed by atoms with van der Waals surface area (Å²) >= 11 is 0. The summed E-state index contributed by atoms with van der Waals surface area (Å²) in [4.78, 5) is 13.7. The summed E-state index contributed by atoms with van der Waals surface area (Å²) in [6.07, 6.45) is 6.58. The smallest absolute Gasteiger partial charge is 0.146 e. The lowest BCUT2D eigenvalue weighted by Gasteiger charge is -2.55. The van der Waals surface area contributed by atoms with E-state index in [0.717, 1.165) is 25.7 Å². The fourth-order valence-electron chi connectivity index (χ4n) is 7.56. The van der Waals surface area contributed by atoms with E-state index in [9.17, 15) is 10.1 Å². The lowest BCUT2D eigenvalue weighted by atomic mass is 9.50. The molecule has 2 bridgehead atoms. The minimum atomic E-state index is -0.646. The summed E-state index contributed by atoms with van der Waals surface area (Å²) in [6, 6.07) is 2.29. The number of carbonyl (C=O) groups excluding carboxylic acids is 1. The molecule has 0 heterocycles. The van der Waals surface area contributed by atoms with Gasteiger partial charge < -0.3 is 14.2 Å². The largest absolute Gasteiger partial charge is 0.381 e. The van der Waals surface area contributed by atoms with Crippen LogP contribution in [0.4, 0.5) is 0 Å². The molecule has 5 nitrogen and oxygen atoms in total. The van der Waals surface area contributed by atoms with Crippen LogP contribution >= 0.6 is 0 Å². The highest BCUT2D eigenvalue weighted by Crippen LogP contribution is 2.78. The Morgan fingerprint density at radius 3 is 2.63 bits per heavy atom.